The molecule has 0 spiro atoms. The molecule has 0 saturated carbocycles. The molecule has 1 amide bonds. The maximum absolute atomic E-state index is 13.7. The number of nitrogens with zero attached hydrogens (tertiary/aromatic N) is 1. The van der Waals surface area contributed by atoms with E-state index in [1.54, 1.807) is 44.2 Å². The van der Waals surface area contributed by atoms with Crippen molar-refractivity contribution in [2.75, 3.05) is 13.1 Å². The number of carbonyl (C=O) groups is 3. The minimum atomic E-state index is -4.60. The van der Waals surface area contributed by atoms with Crippen molar-refractivity contribution < 1.29 is 55.3 Å². The van der Waals surface area contributed by atoms with Gasteiger partial charge in [-0.15, -0.1) is 0 Å². The summed E-state index contributed by atoms with van der Waals surface area (Å²) in [6.07, 6.45) is -7.37. The van der Waals surface area contributed by atoms with Crippen molar-refractivity contribution >= 4 is 28.1 Å². The number of hydrogen-bond donors (Lipinski definition) is 2. The Labute approximate surface area is 269 Å². The molecule has 11 nitrogen and oxygen atoms in total. The van der Waals surface area contributed by atoms with Crippen LogP contribution in [-0.2, 0) is 47.3 Å². The number of rotatable bonds is 12. The molecule has 1 aliphatic heterocycles. The number of hydrogen-bond acceptors (Lipinski definition) is 8. The first-order valence-corrected chi connectivity index (χ1v) is 15.9. The number of halogens is 3. The van der Waals surface area contributed by atoms with Crippen molar-refractivity contribution in [3.8, 4) is 5.75 Å². The van der Waals surface area contributed by atoms with Crippen LogP contribution >= 0.6 is 0 Å². The zero-order valence-corrected chi connectivity index (χ0v) is 26.4. The van der Waals surface area contributed by atoms with Crippen LogP contribution in [0.3, 0.4) is 0 Å². The number of carboxylic acid groups (broad SMARTS) is 1. The molecule has 2 unspecified atom stereocenters. The molecule has 1 fully saturated rings. The standard InChI is InChI=1S/C32H33F3N2O9S/c1-20(2)29(40)44-21(3)45-30(41)36-27(28(38)39)16-22-9-7-14-26(15-22)47(42,43)37-18-31(19-37,23-10-5-4-6-11-23)46-25-13-8-12-24(17-25)32(33,34)35/h4-15,17,20-21,27H,16,18-19H2,1-3H3,(H,36,41)(H,38,39). The first-order valence-electron chi connectivity index (χ1n) is 14.4. The number of benzene rings is 3. The monoisotopic (exact) mass is 678 g/mol. The number of nitrogens with one attached hydrogen (secondary N) is 1. The maximum atomic E-state index is 13.7. The van der Waals surface area contributed by atoms with Gasteiger partial charge in [0.25, 0.3) is 0 Å². The molecule has 1 saturated heterocycles. The fraction of sp³-hybridized carbons (Fsp3) is 0.344. The van der Waals surface area contributed by atoms with Gasteiger partial charge in [-0.3, -0.25) is 4.79 Å². The Morgan fingerprint density at radius 3 is 2.21 bits per heavy atom. The van der Waals surface area contributed by atoms with Crippen LogP contribution in [0, 0.1) is 5.92 Å². The second-order valence-corrected chi connectivity index (χ2v) is 13.2. The zero-order chi connectivity index (χ0) is 34.6. The second-order valence-electron chi connectivity index (χ2n) is 11.2. The van der Waals surface area contributed by atoms with E-state index in [1.165, 1.54) is 43.3 Å². The molecule has 0 radical (unpaired) electrons. The summed E-state index contributed by atoms with van der Waals surface area (Å²) in [5, 5.41) is 11.9. The van der Waals surface area contributed by atoms with Crippen LogP contribution in [0.15, 0.2) is 83.8 Å². The summed E-state index contributed by atoms with van der Waals surface area (Å²) in [6.45, 7) is 4.02. The van der Waals surface area contributed by atoms with Gasteiger partial charge in [-0.25, -0.2) is 18.0 Å². The molecule has 0 aliphatic carbocycles. The highest BCUT2D eigenvalue weighted by molar-refractivity contribution is 7.89. The summed E-state index contributed by atoms with van der Waals surface area (Å²) in [7, 11) is -4.18. The average molecular weight is 679 g/mol. The third-order valence-electron chi connectivity index (χ3n) is 7.23. The van der Waals surface area contributed by atoms with Gasteiger partial charge < -0.3 is 24.6 Å². The second kappa shape index (κ2) is 14.0. The van der Waals surface area contributed by atoms with E-state index in [1.807, 2.05) is 0 Å². The molecule has 2 N–H and O–H groups in total. The molecule has 4 rings (SSSR count). The van der Waals surface area contributed by atoms with E-state index < -0.39 is 63.6 Å². The quantitative estimate of drug-likeness (QED) is 0.201. The van der Waals surface area contributed by atoms with Gasteiger partial charge in [-0.2, -0.15) is 17.5 Å². The summed E-state index contributed by atoms with van der Waals surface area (Å²) < 4.78 is 84.4. The molecule has 3 aromatic rings. The number of esters is 1. The van der Waals surface area contributed by atoms with Gasteiger partial charge >= 0.3 is 24.2 Å². The summed E-state index contributed by atoms with van der Waals surface area (Å²) >= 11 is 0. The van der Waals surface area contributed by atoms with Crippen LogP contribution in [0.5, 0.6) is 5.75 Å². The number of aliphatic carboxylic acids is 1. The number of carboxylic acids is 1. The van der Waals surface area contributed by atoms with Gasteiger partial charge in [-0.1, -0.05) is 62.4 Å². The average Bonchev–Trinajstić information content (AvgIpc) is 2.98. The van der Waals surface area contributed by atoms with E-state index in [0.29, 0.717) is 5.56 Å². The van der Waals surface area contributed by atoms with E-state index in [-0.39, 0.29) is 35.7 Å². The first kappa shape index (κ1) is 35.2. The van der Waals surface area contributed by atoms with Crippen molar-refractivity contribution in [3.63, 3.8) is 0 Å². The number of sulfonamides is 1. The van der Waals surface area contributed by atoms with Gasteiger partial charge in [-0.05, 0) is 41.5 Å². The SMILES string of the molecule is CC(OC(=O)NC(Cc1cccc(S(=O)(=O)N2CC(Oc3cccc(C(F)(F)F)c3)(c3ccccc3)C2)c1)C(=O)O)OC(=O)C(C)C. The van der Waals surface area contributed by atoms with Crippen LogP contribution in [0.2, 0.25) is 0 Å². The highest BCUT2D eigenvalue weighted by atomic mass is 32.2. The molecule has 252 valence electrons. The lowest BCUT2D eigenvalue weighted by molar-refractivity contribution is -0.169. The minimum Gasteiger partial charge on any atom is -0.480 e. The van der Waals surface area contributed by atoms with Gasteiger partial charge in [0, 0.05) is 13.3 Å². The molecular formula is C32H33F3N2O9S. The third kappa shape index (κ3) is 8.60. The summed E-state index contributed by atoms with van der Waals surface area (Å²) in [5.41, 5.74) is -1.37. The predicted octanol–water partition coefficient (Wildman–Crippen LogP) is 4.95. The van der Waals surface area contributed by atoms with E-state index in [2.05, 4.69) is 5.32 Å². The smallest absolute Gasteiger partial charge is 0.416 e. The topological polar surface area (TPSA) is 149 Å². The number of alkyl halides is 3. The lowest BCUT2D eigenvalue weighted by Gasteiger charge is -2.49. The summed E-state index contributed by atoms with van der Waals surface area (Å²) in [5.74, 6) is -2.61. The number of carbonyl (C=O) groups excluding carboxylic acids is 2. The Bertz CT molecular complexity index is 1710. The Kier molecular flexibility index (Phi) is 10.5. The van der Waals surface area contributed by atoms with Crippen molar-refractivity contribution in [1.82, 2.24) is 9.62 Å². The molecular weight excluding hydrogens is 645 g/mol. The first-order chi connectivity index (χ1) is 22.0. The summed E-state index contributed by atoms with van der Waals surface area (Å²) in [6, 6.07) is 16.8. The summed E-state index contributed by atoms with van der Waals surface area (Å²) in [4.78, 5) is 35.7. The number of alkyl carbamates (subject to hydrolysis) is 1. The Morgan fingerprint density at radius 2 is 1.60 bits per heavy atom. The van der Waals surface area contributed by atoms with Crippen LogP contribution in [0.25, 0.3) is 0 Å². The van der Waals surface area contributed by atoms with Gasteiger partial charge in [0.05, 0.1) is 29.5 Å². The van der Waals surface area contributed by atoms with Gasteiger partial charge in [0.2, 0.25) is 16.3 Å². The maximum Gasteiger partial charge on any atom is 0.416 e. The van der Waals surface area contributed by atoms with Crippen LogP contribution in [0.1, 0.15) is 37.5 Å². The Hall–Kier alpha value is -4.63. The van der Waals surface area contributed by atoms with Gasteiger partial charge in [0.1, 0.15) is 11.8 Å². The van der Waals surface area contributed by atoms with E-state index in [9.17, 15) is 41.1 Å². The van der Waals surface area contributed by atoms with Crippen LogP contribution in [0.4, 0.5) is 18.0 Å². The molecule has 0 aromatic heterocycles. The van der Waals surface area contributed by atoms with E-state index >= 15 is 0 Å². The Balaban J connectivity index is 1.49. The molecule has 2 atom stereocenters. The minimum absolute atomic E-state index is 0.0825. The molecule has 1 heterocycles. The molecule has 1 aliphatic rings. The normalized spacial score (nSPS) is 16.0. The highest BCUT2D eigenvalue weighted by Gasteiger charge is 2.52. The number of amides is 1. The van der Waals surface area contributed by atoms with Crippen molar-refractivity contribution in [2.24, 2.45) is 5.92 Å². The van der Waals surface area contributed by atoms with Crippen LogP contribution in [-0.4, -0.2) is 61.3 Å². The molecule has 15 heteroatoms. The highest BCUT2D eigenvalue weighted by Crippen LogP contribution is 2.41. The number of ether oxygens (including phenoxy) is 3. The van der Waals surface area contributed by atoms with E-state index in [0.717, 1.165) is 16.4 Å². The predicted molar refractivity (Wildman–Crippen MR) is 161 cm³/mol. The molecule has 3 aromatic carbocycles. The largest absolute Gasteiger partial charge is 0.480 e. The third-order valence-corrected chi connectivity index (χ3v) is 9.02. The fourth-order valence-corrected chi connectivity index (χ4v) is 6.38. The van der Waals surface area contributed by atoms with E-state index in [4.69, 9.17) is 14.2 Å². The van der Waals surface area contributed by atoms with Crippen LogP contribution < -0.4 is 10.1 Å². The lowest BCUT2D eigenvalue weighted by Crippen LogP contribution is -2.64. The zero-order valence-electron chi connectivity index (χ0n) is 25.6. The fourth-order valence-electron chi connectivity index (χ4n) is 4.77. The van der Waals surface area contributed by atoms with Crippen molar-refractivity contribution in [2.45, 2.75) is 56.2 Å². The van der Waals surface area contributed by atoms with Crippen molar-refractivity contribution in [3.05, 3.63) is 95.6 Å². The Morgan fingerprint density at radius 1 is 0.936 bits per heavy atom. The van der Waals surface area contributed by atoms with Gasteiger partial charge in [0.15, 0.2) is 5.60 Å². The molecule has 47 heavy (non-hydrogen) atoms. The van der Waals surface area contributed by atoms with Crippen molar-refractivity contribution in [1.29, 1.82) is 0 Å². The lowest BCUT2D eigenvalue weighted by atomic mass is 9.87. The molecule has 0 bridgehead atoms.